The summed E-state index contributed by atoms with van der Waals surface area (Å²) in [5, 5.41) is 13.7. The van der Waals surface area contributed by atoms with Gasteiger partial charge in [-0.05, 0) is 12.0 Å². The Morgan fingerprint density at radius 1 is 1.28 bits per heavy atom. The highest BCUT2D eigenvalue weighted by atomic mass is 19.1. The van der Waals surface area contributed by atoms with Gasteiger partial charge in [0.2, 0.25) is 0 Å². The molecule has 0 bridgehead atoms. The van der Waals surface area contributed by atoms with Crippen LogP contribution in [0.5, 0.6) is 0 Å². The fraction of sp³-hybridized carbons (Fsp3) is 0.333. The van der Waals surface area contributed by atoms with E-state index in [9.17, 15) is 14.0 Å². The summed E-state index contributed by atoms with van der Waals surface area (Å²) in [6.07, 6.45) is 0.205. The molecule has 0 spiro atoms. The average molecular weight is 254 g/mol. The number of hydrogen-bond donors (Lipinski definition) is 3. The summed E-state index contributed by atoms with van der Waals surface area (Å²) in [5.74, 6) is -1.15. The first-order chi connectivity index (χ1) is 8.65. The second-order valence-corrected chi connectivity index (χ2v) is 3.62. The molecule has 0 saturated carbocycles. The molecular weight excluding hydrogens is 239 g/mol. The summed E-state index contributed by atoms with van der Waals surface area (Å²) in [5.41, 5.74) is 0.477. The van der Waals surface area contributed by atoms with Gasteiger partial charge in [0.1, 0.15) is 0 Å². The maximum absolute atomic E-state index is 11.8. The highest BCUT2D eigenvalue weighted by Gasteiger charge is 2.21. The molecule has 1 aromatic rings. The monoisotopic (exact) mass is 254 g/mol. The molecular formula is C12H15FN2O3. The van der Waals surface area contributed by atoms with Gasteiger partial charge in [-0.15, -0.1) is 0 Å². The zero-order valence-corrected chi connectivity index (χ0v) is 9.73. The Morgan fingerprint density at radius 2 is 1.94 bits per heavy atom. The van der Waals surface area contributed by atoms with Crippen molar-refractivity contribution in [3.63, 3.8) is 0 Å². The van der Waals surface area contributed by atoms with E-state index in [-0.39, 0.29) is 13.0 Å². The summed E-state index contributed by atoms with van der Waals surface area (Å²) in [6.45, 7) is -0.356. The summed E-state index contributed by atoms with van der Waals surface area (Å²) in [6, 6.07) is 6.61. The molecule has 6 heteroatoms. The topological polar surface area (TPSA) is 78.4 Å². The molecule has 1 aromatic carbocycles. The molecule has 98 valence electrons. The van der Waals surface area contributed by atoms with Crippen LogP contribution in [-0.4, -0.2) is 30.3 Å². The number of urea groups is 1. The molecule has 0 fully saturated rings. The van der Waals surface area contributed by atoms with Crippen molar-refractivity contribution < 1.29 is 19.1 Å². The van der Waals surface area contributed by atoms with Crippen LogP contribution < -0.4 is 10.6 Å². The average Bonchev–Trinajstić information content (AvgIpc) is 2.37. The van der Waals surface area contributed by atoms with Crippen molar-refractivity contribution in [3.05, 3.63) is 35.9 Å². The van der Waals surface area contributed by atoms with E-state index >= 15 is 0 Å². The normalized spacial score (nSPS) is 11.6. The van der Waals surface area contributed by atoms with Crippen LogP contribution in [0.1, 0.15) is 18.0 Å². The van der Waals surface area contributed by atoms with Gasteiger partial charge in [0.15, 0.2) is 6.04 Å². The van der Waals surface area contributed by atoms with Gasteiger partial charge < -0.3 is 15.7 Å². The van der Waals surface area contributed by atoms with Crippen LogP contribution in [0.25, 0.3) is 0 Å². The molecule has 0 saturated heterocycles. The number of alkyl halides is 1. The second-order valence-electron chi connectivity index (χ2n) is 3.62. The van der Waals surface area contributed by atoms with Gasteiger partial charge >= 0.3 is 12.0 Å². The highest BCUT2D eigenvalue weighted by molar-refractivity contribution is 5.83. The first kappa shape index (κ1) is 14.0. The molecule has 0 radical (unpaired) electrons. The molecule has 3 N–H and O–H groups in total. The number of carbonyl (C=O) groups is 2. The third-order valence-electron chi connectivity index (χ3n) is 2.25. The van der Waals surface area contributed by atoms with E-state index in [0.717, 1.165) is 0 Å². The molecule has 18 heavy (non-hydrogen) atoms. The van der Waals surface area contributed by atoms with Crippen LogP contribution in [0.3, 0.4) is 0 Å². The Labute approximate surface area is 104 Å². The van der Waals surface area contributed by atoms with Crippen LogP contribution in [0.15, 0.2) is 30.3 Å². The fourth-order valence-corrected chi connectivity index (χ4v) is 1.38. The minimum atomic E-state index is -1.15. The van der Waals surface area contributed by atoms with E-state index in [1.54, 1.807) is 30.3 Å². The number of rotatable bonds is 6. The molecule has 0 aliphatic rings. The molecule has 0 unspecified atom stereocenters. The molecule has 0 aromatic heterocycles. The minimum Gasteiger partial charge on any atom is -0.479 e. The van der Waals surface area contributed by atoms with Crippen molar-refractivity contribution in [1.82, 2.24) is 10.6 Å². The SMILES string of the molecule is O=C(NCCCF)N[C@@H](C(=O)O)c1ccccc1. The number of carboxylic acid groups (broad SMARTS) is 1. The van der Waals surface area contributed by atoms with Gasteiger partial charge in [0.05, 0.1) is 6.67 Å². The first-order valence-electron chi connectivity index (χ1n) is 5.53. The van der Waals surface area contributed by atoms with Crippen LogP contribution in [0.4, 0.5) is 9.18 Å². The Kier molecular flexibility index (Phi) is 5.63. The lowest BCUT2D eigenvalue weighted by Crippen LogP contribution is -2.41. The number of amides is 2. The molecule has 0 aliphatic heterocycles. The van der Waals surface area contributed by atoms with Gasteiger partial charge in [-0.1, -0.05) is 30.3 Å². The van der Waals surface area contributed by atoms with Crippen molar-refractivity contribution in [1.29, 1.82) is 0 Å². The van der Waals surface area contributed by atoms with Crippen molar-refractivity contribution >= 4 is 12.0 Å². The lowest BCUT2D eigenvalue weighted by molar-refractivity contribution is -0.139. The molecule has 1 atom stereocenters. The molecule has 1 rings (SSSR count). The Morgan fingerprint density at radius 3 is 2.50 bits per heavy atom. The molecule has 0 heterocycles. The maximum atomic E-state index is 11.8. The summed E-state index contributed by atoms with van der Waals surface area (Å²) < 4.78 is 11.8. The number of nitrogens with one attached hydrogen (secondary N) is 2. The van der Waals surface area contributed by atoms with Gasteiger partial charge in [0.25, 0.3) is 0 Å². The van der Waals surface area contributed by atoms with E-state index in [1.807, 2.05) is 0 Å². The van der Waals surface area contributed by atoms with Crippen LogP contribution >= 0.6 is 0 Å². The van der Waals surface area contributed by atoms with Crippen molar-refractivity contribution in [2.24, 2.45) is 0 Å². The first-order valence-corrected chi connectivity index (χ1v) is 5.53. The lowest BCUT2D eigenvalue weighted by Gasteiger charge is -2.15. The van der Waals surface area contributed by atoms with E-state index in [0.29, 0.717) is 5.56 Å². The Hall–Kier alpha value is -2.11. The predicted molar refractivity (Wildman–Crippen MR) is 63.9 cm³/mol. The number of benzene rings is 1. The predicted octanol–water partition coefficient (Wildman–Crippen LogP) is 1.47. The fourth-order valence-electron chi connectivity index (χ4n) is 1.38. The molecule has 5 nitrogen and oxygen atoms in total. The smallest absolute Gasteiger partial charge is 0.330 e. The number of halogens is 1. The molecule has 2 amide bonds. The van der Waals surface area contributed by atoms with Gasteiger partial charge in [-0.3, -0.25) is 4.39 Å². The van der Waals surface area contributed by atoms with Crippen molar-refractivity contribution in [3.8, 4) is 0 Å². The zero-order chi connectivity index (χ0) is 13.4. The van der Waals surface area contributed by atoms with E-state index in [4.69, 9.17) is 5.11 Å². The van der Waals surface area contributed by atoms with E-state index < -0.39 is 24.7 Å². The number of aliphatic carboxylic acids is 1. The van der Waals surface area contributed by atoms with Gasteiger partial charge in [-0.25, -0.2) is 9.59 Å². The van der Waals surface area contributed by atoms with Crippen molar-refractivity contribution in [2.45, 2.75) is 12.5 Å². The number of hydrogen-bond acceptors (Lipinski definition) is 2. The maximum Gasteiger partial charge on any atom is 0.330 e. The summed E-state index contributed by atoms with van der Waals surface area (Å²) in [7, 11) is 0. The quantitative estimate of drug-likeness (QED) is 0.673. The Bertz CT molecular complexity index is 398. The standard InChI is InChI=1S/C12H15FN2O3/c13-7-4-8-14-12(18)15-10(11(16)17)9-5-2-1-3-6-9/h1-3,5-6,10H,4,7-8H2,(H,16,17)(H2,14,15,18)/t10-/m1/s1. The second kappa shape index (κ2) is 7.26. The van der Waals surface area contributed by atoms with E-state index in [1.165, 1.54) is 0 Å². The Balaban J connectivity index is 2.59. The number of carbonyl (C=O) groups excluding carboxylic acids is 1. The number of carboxylic acids is 1. The van der Waals surface area contributed by atoms with Gasteiger partial charge in [0, 0.05) is 6.54 Å². The van der Waals surface area contributed by atoms with Crippen LogP contribution in [0, 0.1) is 0 Å². The molecule has 0 aliphatic carbocycles. The third-order valence-corrected chi connectivity index (χ3v) is 2.25. The van der Waals surface area contributed by atoms with Crippen LogP contribution in [0.2, 0.25) is 0 Å². The van der Waals surface area contributed by atoms with Crippen LogP contribution in [-0.2, 0) is 4.79 Å². The highest BCUT2D eigenvalue weighted by Crippen LogP contribution is 2.12. The summed E-state index contributed by atoms with van der Waals surface area (Å²) >= 11 is 0. The minimum absolute atomic E-state index is 0.170. The lowest BCUT2D eigenvalue weighted by atomic mass is 10.1. The largest absolute Gasteiger partial charge is 0.479 e. The van der Waals surface area contributed by atoms with Crippen molar-refractivity contribution in [2.75, 3.05) is 13.2 Å². The van der Waals surface area contributed by atoms with Gasteiger partial charge in [-0.2, -0.15) is 0 Å². The third kappa shape index (κ3) is 4.40. The zero-order valence-electron chi connectivity index (χ0n) is 9.73. The summed E-state index contributed by atoms with van der Waals surface area (Å²) in [4.78, 5) is 22.5. The van der Waals surface area contributed by atoms with E-state index in [2.05, 4.69) is 10.6 Å².